The Morgan fingerprint density at radius 3 is 2.38 bits per heavy atom. The Balaban J connectivity index is 2.54. The van der Waals surface area contributed by atoms with Crippen LogP contribution in [-0.2, 0) is 0 Å². The number of hydrogen-bond acceptors (Lipinski definition) is 0. The van der Waals surface area contributed by atoms with Crippen molar-refractivity contribution in [2.24, 2.45) is 0 Å². The number of hydrogen-bond donors (Lipinski definition) is 0. The van der Waals surface area contributed by atoms with E-state index in [0.29, 0.717) is 0 Å². The van der Waals surface area contributed by atoms with Crippen LogP contribution in [0.2, 0.25) is 15.8 Å². The third kappa shape index (κ3) is 1.21. The van der Waals surface area contributed by atoms with Crippen LogP contribution in [0.25, 0.3) is 0 Å². The summed E-state index contributed by atoms with van der Waals surface area (Å²) >= 11 is -1.62. The molecule has 0 saturated carbocycles. The van der Waals surface area contributed by atoms with Crippen molar-refractivity contribution in [2.45, 2.75) is 35.5 Å². The average molecular weight is 193 g/mol. The molecule has 0 aromatic carbocycles. The molecule has 1 aliphatic heterocycles. The molecule has 48 valence electrons. The predicted molar refractivity (Wildman–Crippen MR) is 40.9 cm³/mol. The molecular formula is C6H13ClGe. The van der Waals surface area contributed by atoms with Gasteiger partial charge in [0.1, 0.15) is 0 Å². The second kappa shape index (κ2) is 2.22. The Labute approximate surface area is 58.2 Å². The maximum atomic E-state index is 6.31. The van der Waals surface area contributed by atoms with Gasteiger partial charge in [-0.3, -0.25) is 0 Å². The van der Waals surface area contributed by atoms with Crippen LogP contribution in [0.1, 0.15) is 19.8 Å². The zero-order chi connectivity index (χ0) is 6.20. The van der Waals surface area contributed by atoms with Crippen LogP contribution in [-0.4, -0.2) is 12.3 Å². The summed E-state index contributed by atoms with van der Waals surface area (Å²) in [6, 6.07) is 0. The number of rotatable bonds is 0. The molecule has 0 N–H and O–H groups in total. The molecule has 1 rings (SSSR count). The predicted octanol–water partition coefficient (Wildman–Crippen LogP) is 2.98. The minimum absolute atomic E-state index is 0.914. The Morgan fingerprint density at radius 1 is 1.62 bits per heavy atom. The van der Waals surface area contributed by atoms with Gasteiger partial charge in [-0.2, -0.15) is 0 Å². The maximum absolute atomic E-state index is 6.31. The fourth-order valence-electron chi connectivity index (χ4n) is 1.30. The van der Waals surface area contributed by atoms with Crippen LogP contribution in [0.3, 0.4) is 0 Å². The zero-order valence-electron chi connectivity index (χ0n) is 5.58. The van der Waals surface area contributed by atoms with Gasteiger partial charge in [-0.25, -0.2) is 0 Å². The van der Waals surface area contributed by atoms with Gasteiger partial charge in [0.2, 0.25) is 0 Å². The molecule has 0 amide bonds. The van der Waals surface area contributed by atoms with Gasteiger partial charge in [-0.15, -0.1) is 0 Å². The van der Waals surface area contributed by atoms with E-state index in [1.165, 1.54) is 18.1 Å². The van der Waals surface area contributed by atoms with E-state index >= 15 is 0 Å². The van der Waals surface area contributed by atoms with Gasteiger partial charge in [0, 0.05) is 0 Å². The molecule has 1 heterocycles. The second-order valence-corrected chi connectivity index (χ2v) is 16.0. The van der Waals surface area contributed by atoms with Gasteiger partial charge in [0.05, 0.1) is 0 Å². The SMILES string of the molecule is C[C@@H]1CC[CH2][Ge@]1([CH3])[Cl]. The Morgan fingerprint density at radius 2 is 2.25 bits per heavy atom. The van der Waals surface area contributed by atoms with Crippen molar-refractivity contribution < 1.29 is 0 Å². The van der Waals surface area contributed by atoms with E-state index in [1.54, 1.807) is 0 Å². The van der Waals surface area contributed by atoms with E-state index in [9.17, 15) is 0 Å². The van der Waals surface area contributed by atoms with Crippen LogP contribution in [0.15, 0.2) is 0 Å². The van der Waals surface area contributed by atoms with Gasteiger partial charge >= 0.3 is 57.9 Å². The van der Waals surface area contributed by atoms with Crippen LogP contribution >= 0.6 is 10.0 Å². The van der Waals surface area contributed by atoms with Gasteiger partial charge in [0.15, 0.2) is 0 Å². The first-order valence-electron chi connectivity index (χ1n) is 3.32. The van der Waals surface area contributed by atoms with E-state index in [0.717, 1.165) is 4.75 Å². The third-order valence-electron chi connectivity index (χ3n) is 2.33. The van der Waals surface area contributed by atoms with Gasteiger partial charge < -0.3 is 0 Å². The summed E-state index contributed by atoms with van der Waals surface area (Å²) in [5.74, 6) is 2.33. The molecular weight excluding hydrogens is 180 g/mol. The fraction of sp³-hybridized carbons (Fsp3) is 1.00. The molecule has 0 aliphatic carbocycles. The molecule has 0 unspecified atom stereocenters. The van der Waals surface area contributed by atoms with Gasteiger partial charge in [0.25, 0.3) is 0 Å². The molecule has 0 radical (unpaired) electrons. The van der Waals surface area contributed by atoms with Crippen LogP contribution in [0.4, 0.5) is 0 Å². The Hall–Kier alpha value is 0.833. The van der Waals surface area contributed by atoms with E-state index in [-0.39, 0.29) is 0 Å². The summed E-state index contributed by atoms with van der Waals surface area (Å²) in [6.45, 7) is 2.32. The standard InChI is InChI=1S/C6H13ClGe/c1-6-4-3-5-8(6,2)7/h6H,3-5H2,1-2H3/t6-,8+/m1/s1. The summed E-state index contributed by atoms with van der Waals surface area (Å²) in [4.78, 5) is 0. The van der Waals surface area contributed by atoms with E-state index in [1.807, 2.05) is 0 Å². The molecule has 8 heavy (non-hydrogen) atoms. The first-order valence-corrected chi connectivity index (χ1v) is 10.9. The van der Waals surface area contributed by atoms with Crippen molar-refractivity contribution in [2.75, 3.05) is 0 Å². The first-order chi connectivity index (χ1) is 3.63. The van der Waals surface area contributed by atoms with Crippen molar-refractivity contribution in [3.63, 3.8) is 0 Å². The molecule has 1 saturated heterocycles. The molecule has 0 nitrogen and oxygen atoms in total. The van der Waals surface area contributed by atoms with Crippen LogP contribution < -0.4 is 0 Å². The monoisotopic (exact) mass is 194 g/mol. The van der Waals surface area contributed by atoms with Crippen LogP contribution in [0.5, 0.6) is 0 Å². The van der Waals surface area contributed by atoms with Crippen molar-refractivity contribution in [3.05, 3.63) is 0 Å². The van der Waals surface area contributed by atoms with Crippen LogP contribution in [0, 0.1) is 0 Å². The zero-order valence-corrected chi connectivity index (χ0v) is 8.43. The summed E-state index contributed by atoms with van der Waals surface area (Å²) in [5, 5.41) is 1.39. The molecule has 1 fully saturated rings. The third-order valence-corrected chi connectivity index (χ3v) is 13.0. The van der Waals surface area contributed by atoms with Crippen molar-refractivity contribution in [1.82, 2.24) is 0 Å². The quantitative estimate of drug-likeness (QED) is 0.519. The Kier molecular flexibility index (Phi) is 1.93. The van der Waals surface area contributed by atoms with E-state index in [2.05, 4.69) is 12.7 Å². The molecule has 0 aromatic rings. The molecule has 0 aromatic heterocycles. The average Bonchev–Trinajstić information content (AvgIpc) is 1.86. The minimum atomic E-state index is -1.62. The summed E-state index contributed by atoms with van der Waals surface area (Å²) in [5.41, 5.74) is 0. The Bertz CT molecular complexity index is 90.5. The normalized spacial score (nSPS) is 47.6. The van der Waals surface area contributed by atoms with Crippen molar-refractivity contribution >= 4 is 22.3 Å². The van der Waals surface area contributed by atoms with Gasteiger partial charge in [-0.05, 0) is 0 Å². The van der Waals surface area contributed by atoms with Gasteiger partial charge in [-0.1, -0.05) is 0 Å². The molecule has 1 aliphatic rings. The molecule has 0 bridgehead atoms. The summed E-state index contributed by atoms with van der Waals surface area (Å²) < 4.78 is 0.914. The van der Waals surface area contributed by atoms with Crippen molar-refractivity contribution in [1.29, 1.82) is 0 Å². The van der Waals surface area contributed by atoms with E-state index < -0.39 is 12.3 Å². The molecule has 2 heteroatoms. The molecule has 0 spiro atoms. The van der Waals surface area contributed by atoms with Crippen molar-refractivity contribution in [3.8, 4) is 0 Å². The fourth-order valence-corrected chi connectivity index (χ4v) is 7.17. The first kappa shape index (κ1) is 6.95. The number of halogens is 1. The summed E-state index contributed by atoms with van der Waals surface area (Å²) in [7, 11) is 6.31. The summed E-state index contributed by atoms with van der Waals surface area (Å²) in [6.07, 6.45) is 2.81. The topological polar surface area (TPSA) is 0 Å². The second-order valence-electron chi connectivity index (χ2n) is 3.07. The van der Waals surface area contributed by atoms with E-state index in [4.69, 9.17) is 10.0 Å². The molecule has 2 atom stereocenters.